The van der Waals surface area contributed by atoms with Crippen molar-refractivity contribution in [2.45, 2.75) is 46.4 Å². The molecule has 0 saturated carbocycles. The highest BCUT2D eigenvalue weighted by Gasteiger charge is 2.37. The van der Waals surface area contributed by atoms with Gasteiger partial charge < -0.3 is 15.0 Å². The van der Waals surface area contributed by atoms with Crippen molar-refractivity contribution in [2.24, 2.45) is 0 Å². The number of hydroxylamine groups is 2. The van der Waals surface area contributed by atoms with Gasteiger partial charge in [0.1, 0.15) is 11.5 Å². The molecule has 2 aromatic rings. The van der Waals surface area contributed by atoms with Crippen LogP contribution in [-0.4, -0.2) is 25.5 Å². The maximum atomic E-state index is 13.2. The van der Waals surface area contributed by atoms with Gasteiger partial charge in [-0.2, -0.15) is 0 Å². The zero-order valence-corrected chi connectivity index (χ0v) is 17.3. The zero-order valence-electron chi connectivity index (χ0n) is 16.5. The Labute approximate surface area is 160 Å². The number of benzene rings is 2. The second-order valence-electron chi connectivity index (χ2n) is 7.72. The Hall–Kier alpha value is -2.09. The van der Waals surface area contributed by atoms with E-state index in [4.69, 9.17) is 4.74 Å². The molecule has 0 saturated heterocycles. The summed E-state index contributed by atoms with van der Waals surface area (Å²) < 4.78 is 31.5. The van der Waals surface area contributed by atoms with Crippen molar-refractivity contribution in [3.63, 3.8) is 0 Å². The third-order valence-corrected chi connectivity index (χ3v) is 5.35. The van der Waals surface area contributed by atoms with Gasteiger partial charge in [0.2, 0.25) is 10.0 Å². The van der Waals surface area contributed by atoms with Gasteiger partial charge in [0.15, 0.2) is 0 Å². The summed E-state index contributed by atoms with van der Waals surface area (Å²) in [5, 5.41) is 14.2. The molecule has 1 heterocycles. The van der Waals surface area contributed by atoms with E-state index in [9.17, 15) is 13.6 Å². The molecule has 146 valence electrons. The van der Waals surface area contributed by atoms with Crippen molar-refractivity contribution >= 4 is 15.7 Å². The monoisotopic (exact) mass is 389 g/mol. The number of hydrogen-bond acceptors (Lipinski definition) is 5. The predicted molar refractivity (Wildman–Crippen MR) is 107 cm³/mol. The number of nitrogens with one attached hydrogen (secondary N) is 1. The van der Waals surface area contributed by atoms with Crippen molar-refractivity contribution in [3.8, 4) is 5.75 Å². The molecule has 0 aliphatic carbocycles. The lowest BCUT2D eigenvalue weighted by atomic mass is 9.87. The summed E-state index contributed by atoms with van der Waals surface area (Å²) >= 11 is 0. The normalized spacial score (nSPS) is 19.3. The molecule has 0 spiro atoms. The van der Waals surface area contributed by atoms with Crippen LogP contribution in [-0.2, 0) is 10.0 Å². The van der Waals surface area contributed by atoms with Crippen LogP contribution in [0.2, 0.25) is 0 Å². The molecular weight excluding hydrogens is 364 g/mol. The number of hydrogen-bond donors (Lipinski definition) is 1. The van der Waals surface area contributed by atoms with Crippen LogP contribution in [0, 0.1) is 26.0 Å². The molecule has 1 atom stereocenters. The molecule has 0 aromatic heterocycles. The van der Waals surface area contributed by atoms with Crippen molar-refractivity contribution in [1.82, 2.24) is 5.06 Å². The van der Waals surface area contributed by atoms with E-state index in [0.717, 1.165) is 39.1 Å². The minimum absolute atomic E-state index is 0.405. The van der Waals surface area contributed by atoms with Crippen molar-refractivity contribution in [2.75, 3.05) is 11.0 Å². The van der Waals surface area contributed by atoms with Crippen LogP contribution in [0.1, 0.15) is 47.7 Å². The lowest BCUT2D eigenvalue weighted by molar-refractivity contribution is -0.0603. The highest BCUT2D eigenvalue weighted by atomic mass is 32.2. The first-order valence-corrected chi connectivity index (χ1v) is 10.6. The van der Waals surface area contributed by atoms with Gasteiger partial charge >= 0.3 is 0 Å². The number of aryl methyl sites for hydroxylation is 3. The smallest absolute Gasteiger partial charge is 0.229 e. The molecule has 27 heavy (non-hydrogen) atoms. The number of nitrogens with zero attached hydrogens (tertiary/aromatic N) is 1. The van der Waals surface area contributed by atoms with E-state index >= 15 is 0 Å². The fourth-order valence-corrected chi connectivity index (χ4v) is 4.33. The summed E-state index contributed by atoms with van der Waals surface area (Å²) in [6.07, 6.45) is 1.10. The standard InChI is InChI=1S/C20H25N2O4S/c1-12-9-13(2)18(14(3)10-12)19-16-8-7-15(21-27(6,24)25)11-17(16)26-20(4,5)22(19)23/h7-11,19,21H,1-6H3/q-1. The quantitative estimate of drug-likeness (QED) is 0.858. The van der Waals surface area contributed by atoms with E-state index in [1.165, 1.54) is 0 Å². The van der Waals surface area contributed by atoms with Crippen LogP contribution in [0.4, 0.5) is 5.69 Å². The van der Waals surface area contributed by atoms with Gasteiger partial charge in [0.25, 0.3) is 0 Å². The lowest BCUT2D eigenvalue weighted by Gasteiger charge is -2.53. The van der Waals surface area contributed by atoms with E-state index in [1.807, 2.05) is 20.8 Å². The van der Waals surface area contributed by atoms with Crippen molar-refractivity contribution in [1.29, 1.82) is 0 Å². The molecule has 1 aliphatic rings. The van der Waals surface area contributed by atoms with E-state index in [2.05, 4.69) is 16.9 Å². The van der Waals surface area contributed by atoms with Crippen molar-refractivity contribution in [3.05, 3.63) is 63.4 Å². The minimum atomic E-state index is -3.40. The molecule has 0 radical (unpaired) electrons. The minimum Gasteiger partial charge on any atom is -0.782 e. The molecular formula is C20H25N2O4S-. The van der Waals surface area contributed by atoms with Crippen LogP contribution in [0.25, 0.3) is 0 Å². The average molecular weight is 389 g/mol. The number of ether oxygens (including phenoxy) is 1. The molecule has 0 fully saturated rings. The summed E-state index contributed by atoms with van der Waals surface area (Å²) in [5.74, 6) is 0.505. The Kier molecular flexibility index (Phi) is 4.74. The van der Waals surface area contributed by atoms with E-state index in [0.29, 0.717) is 11.4 Å². The Morgan fingerprint density at radius 2 is 1.70 bits per heavy atom. The van der Waals surface area contributed by atoms with E-state index in [1.54, 1.807) is 32.0 Å². The second-order valence-corrected chi connectivity index (χ2v) is 9.46. The van der Waals surface area contributed by atoms with Crippen LogP contribution in [0.15, 0.2) is 30.3 Å². The maximum Gasteiger partial charge on any atom is 0.229 e. The molecule has 1 aliphatic heterocycles. The fraction of sp³-hybridized carbons (Fsp3) is 0.400. The first-order chi connectivity index (χ1) is 12.4. The van der Waals surface area contributed by atoms with Gasteiger partial charge in [-0.05, 0) is 57.4 Å². The Bertz CT molecular complexity index is 976. The summed E-state index contributed by atoms with van der Waals surface area (Å²) in [5.41, 5.74) is 4.22. The Morgan fingerprint density at radius 1 is 1.11 bits per heavy atom. The summed E-state index contributed by atoms with van der Waals surface area (Å²) in [7, 11) is -3.40. The Morgan fingerprint density at radius 3 is 2.26 bits per heavy atom. The van der Waals surface area contributed by atoms with Crippen molar-refractivity contribution < 1.29 is 13.2 Å². The topological polar surface area (TPSA) is 81.7 Å². The highest BCUT2D eigenvalue weighted by Crippen LogP contribution is 2.46. The molecule has 1 N–H and O–H groups in total. The lowest BCUT2D eigenvalue weighted by Crippen LogP contribution is -2.50. The fourth-order valence-electron chi connectivity index (χ4n) is 3.77. The summed E-state index contributed by atoms with van der Waals surface area (Å²) in [6.45, 7) is 9.47. The molecule has 7 heteroatoms. The summed E-state index contributed by atoms with van der Waals surface area (Å²) in [4.78, 5) is 0. The summed E-state index contributed by atoms with van der Waals surface area (Å²) in [6, 6.07) is 8.65. The van der Waals surface area contributed by atoms with Gasteiger partial charge in [-0.15, -0.1) is 0 Å². The molecule has 1 unspecified atom stereocenters. The first kappa shape index (κ1) is 19.7. The maximum absolute atomic E-state index is 13.2. The molecule has 0 amide bonds. The van der Waals surface area contributed by atoms with Crippen LogP contribution in [0.5, 0.6) is 5.75 Å². The predicted octanol–water partition coefficient (Wildman–Crippen LogP) is 4.00. The number of anilines is 1. The molecule has 3 rings (SSSR count). The van der Waals surface area contributed by atoms with Gasteiger partial charge in [0, 0.05) is 11.6 Å². The van der Waals surface area contributed by atoms with Crippen LogP contribution >= 0.6 is 0 Å². The van der Waals surface area contributed by atoms with Gasteiger partial charge in [-0.1, -0.05) is 23.8 Å². The first-order valence-electron chi connectivity index (χ1n) is 8.74. The third-order valence-electron chi connectivity index (χ3n) is 4.75. The number of sulfonamides is 1. The highest BCUT2D eigenvalue weighted by molar-refractivity contribution is 7.92. The number of rotatable bonds is 3. The molecule has 6 nitrogen and oxygen atoms in total. The Balaban J connectivity index is 2.19. The van der Waals surface area contributed by atoms with Crippen LogP contribution in [0.3, 0.4) is 0 Å². The third kappa shape index (κ3) is 3.81. The zero-order chi connectivity index (χ0) is 20.1. The van der Waals surface area contributed by atoms with Crippen LogP contribution < -0.4 is 9.46 Å². The SMILES string of the molecule is Cc1cc(C)c(C2c3ccc(NS(C)(=O)=O)cc3OC(C)(C)N2[O-])c(C)c1. The second kappa shape index (κ2) is 6.51. The molecule has 2 aromatic carbocycles. The van der Waals surface area contributed by atoms with Gasteiger partial charge in [-0.25, -0.2) is 8.42 Å². The van der Waals surface area contributed by atoms with Gasteiger partial charge in [-0.3, -0.25) is 4.72 Å². The van der Waals surface area contributed by atoms with E-state index in [-0.39, 0.29) is 0 Å². The molecule has 0 bridgehead atoms. The van der Waals surface area contributed by atoms with E-state index < -0.39 is 21.8 Å². The number of fused-ring (bicyclic) bond motifs is 1. The average Bonchev–Trinajstić information content (AvgIpc) is 2.48. The van der Waals surface area contributed by atoms with Gasteiger partial charge in [0.05, 0.1) is 18.0 Å². The largest absolute Gasteiger partial charge is 0.782 e.